The van der Waals surface area contributed by atoms with Gasteiger partial charge in [-0.2, -0.15) is 5.10 Å². The van der Waals surface area contributed by atoms with Gasteiger partial charge in [0.2, 0.25) is 5.76 Å². The second-order valence-corrected chi connectivity index (χ2v) is 6.79. The Hall–Kier alpha value is -3.68. The quantitative estimate of drug-likeness (QED) is 0.542. The standard InChI is InChI=1S/C21H22N6O2/c1-4-27-14(2)18(12-23-27)19-11-20(29-25-19)21(28)24-17-7-5-6-16(10-17)13-26-9-8-22-15(26)3/h5-12H,4,13H2,1-3H3,(H,24,28). The molecule has 0 unspecified atom stereocenters. The first-order valence-electron chi connectivity index (χ1n) is 9.42. The maximum absolute atomic E-state index is 12.6. The fraction of sp³-hybridized carbons (Fsp3) is 0.238. The Kier molecular flexibility index (Phi) is 4.99. The van der Waals surface area contributed by atoms with Gasteiger partial charge >= 0.3 is 0 Å². The fourth-order valence-electron chi connectivity index (χ4n) is 3.23. The molecule has 8 nitrogen and oxygen atoms in total. The lowest BCUT2D eigenvalue weighted by Crippen LogP contribution is -2.11. The van der Waals surface area contributed by atoms with Crippen LogP contribution in [0, 0.1) is 13.8 Å². The first kappa shape index (κ1) is 18.7. The van der Waals surface area contributed by atoms with Gasteiger partial charge < -0.3 is 14.4 Å². The Bertz CT molecular complexity index is 1150. The van der Waals surface area contributed by atoms with Crippen LogP contribution in [0.2, 0.25) is 0 Å². The van der Waals surface area contributed by atoms with E-state index >= 15 is 0 Å². The number of anilines is 1. The van der Waals surface area contributed by atoms with Gasteiger partial charge in [0.25, 0.3) is 5.91 Å². The van der Waals surface area contributed by atoms with Crippen LogP contribution in [0.5, 0.6) is 0 Å². The van der Waals surface area contributed by atoms with Crippen LogP contribution in [-0.4, -0.2) is 30.4 Å². The fourth-order valence-corrected chi connectivity index (χ4v) is 3.23. The summed E-state index contributed by atoms with van der Waals surface area (Å²) in [4.78, 5) is 16.8. The average Bonchev–Trinajstić information content (AvgIpc) is 3.43. The number of benzene rings is 1. The number of aromatic nitrogens is 5. The number of amides is 1. The summed E-state index contributed by atoms with van der Waals surface area (Å²) < 4.78 is 9.19. The van der Waals surface area contributed by atoms with Gasteiger partial charge in [-0.1, -0.05) is 17.3 Å². The summed E-state index contributed by atoms with van der Waals surface area (Å²) in [6, 6.07) is 9.33. The number of hydrogen-bond acceptors (Lipinski definition) is 5. The van der Waals surface area contributed by atoms with Gasteiger partial charge in [0.15, 0.2) is 0 Å². The Morgan fingerprint density at radius 2 is 2.10 bits per heavy atom. The van der Waals surface area contributed by atoms with Crippen molar-refractivity contribution in [1.82, 2.24) is 24.5 Å². The van der Waals surface area contributed by atoms with Crippen LogP contribution in [0.1, 0.15) is 34.6 Å². The molecule has 0 aliphatic carbocycles. The summed E-state index contributed by atoms with van der Waals surface area (Å²) >= 11 is 0. The average molecular weight is 390 g/mol. The van der Waals surface area contributed by atoms with Gasteiger partial charge in [-0.05, 0) is 38.5 Å². The molecule has 0 atom stereocenters. The normalized spacial score (nSPS) is 11.0. The zero-order valence-electron chi connectivity index (χ0n) is 16.6. The number of hydrogen-bond donors (Lipinski definition) is 1. The Labute approximate surface area is 168 Å². The molecule has 4 rings (SSSR count). The summed E-state index contributed by atoms with van der Waals surface area (Å²) in [5.74, 6) is 0.745. The summed E-state index contributed by atoms with van der Waals surface area (Å²) in [6.45, 7) is 7.40. The van der Waals surface area contributed by atoms with Crippen LogP contribution in [0.4, 0.5) is 5.69 Å². The zero-order valence-corrected chi connectivity index (χ0v) is 16.6. The number of nitrogens with zero attached hydrogens (tertiary/aromatic N) is 5. The molecule has 0 aliphatic heterocycles. The van der Waals surface area contributed by atoms with Crippen molar-refractivity contribution in [3.8, 4) is 11.3 Å². The SMILES string of the molecule is CCn1ncc(-c2cc(C(=O)Nc3cccc(Cn4ccnc4C)c3)on2)c1C. The lowest BCUT2D eigenvalue weighted by molar-refractivity contribution is 0.0988. The minimum Gasteiger partial charge on any atom is -0.350 e. The van der Waals surface area contributed by atoms with Gasteiger partial charge in [-0.3, -0.25) is 9.48 Å². The molecule has 148 valence electrons. The van der Waals surface area contributed by atoms with E-state index in [2.05, 4.69) is 20.6 Å². The maximum Gasteiger partial charge on any atom is 0.294 e. The van der Waals surface area contributed by atoms with E-state index in [1.54, 1.807) is 18.5 Å². The van der Waals surface area contributed by atoms with Crippen molar-refractivity contribution in [1.29, 1.82) is 0 Å². The van der Waals surface area contributed by atoms with E-state index in [1.165, 1.54) is 0 Å². The summed E-state index contributed by atoms with van der Waals surface area (Å²) in [7, 11) is 0. The molecule has 0 saturated heterocycles. The van der Waals surface area contributed by atoms with E-state index in [1.807, 2.05) is 60.5 Å². The molecular weight excluding hydrogens is 368 g/mol. The third-order valence-corrected chi connectivity index (χ3v) is 4.87. The van der Waals surface area contributed by atoms with Crippen molar-refractivity contribution in [2.45, 2.75) is 33.9 Å². The molecule has 1 amide bonds. The Balaban J connectivity index is 1.48. The topological polar surface area (TPSA) is 90.8 Å². The molecule has 0 spiro atoms. The lowest BCUT2D eigenvalue weighted by Gasteiger charge is -2.08. The number of imidazole rings is 1. The van der Waals surface area contributed by atoms with Crippen molar-refractivity contribution in [3.05, 3.63) is 71.8 Å². The minimum atomic E-state index is -0.347. The van der Waals surface area contributed by atoms with E-state index in [0.717, 1.165) is 29.2 Å². The smallest absolute Gasteiger partial charge is 0.294 e. The highest BCUT2D eigenvalue weighted by atomic mass is 16.5. The first-order chi connectivity index (χ1) is 14.0. The largest absolute Gasteiger partial charge is 0.350 e. The summed E-state index contributed by atoms with van der Waals surface area (Å²) in [5.41, 5.74) is 4.18. The summed E-state index contributed by atoms with van der Waals surface area (Å²) in [5, 5.41) is 11.2. The van der Waals surface area contributed by atoms with Crippen LogP contribution in [0.3, 0.4) is 0 Å². The first-order valence-corrected chi connectivity index (χ1v) is 9.42. The van der Waals surface area contributed by atoms with Crippen molar-refractivity contribution >= 4 is 11.6 Å². The van der Waals surface area contributed by atoms with Crippen LogP contribution in [-0.2, 0) is 13.1 Å². The van der Waals surface area contributed by atoms with E-state index in [9.17, 15) is 4.79 Å². The lowest BCUT2D eigenvalue weighted by atomic mass is 10.1. The van der Waals surface area contributed by atoms with Crippen LogP contribution in [0.15, 0.2) is 53.4 Å². The van der Waals surface area contributed by atoms with Crippen LogP contribution in [0.25, 0.3) is 11.3 Å². The molecule has 3 heterocycles. The molecule has 4 aromatic rings. The number of carbonyl (C=O) groups excluding carboxylic acids is 1. The maximum atomic E-state index is 12.6. The number of carbonyl (C=O) groups is 1. The van der Waals surface area contributed by atoms with Gasteiger partial charge in [-0.25, -0.2) is 4.98 Å². The molecule has 3 aromatic heterocycles. The molecule has 0 radical (unpaired) electrons. The molecule has 29 heavy (non-hydrogen) atoms. The number of aryl methyl sites for hydroxylation is 2. The highest BCUT2D eigenvalue weighted by Crippen LogP contribution is 2.23. The highest BCUT2D eigenvalue weighted by Gasteiger charge is 2.17. The number of rotatable bonds is 6. The zero-order chi connectivity index (χ0) is 20.4. The molecule has 0 bridgehead atoms. The highest BCUT2D eigenvalue weighted by molar-refractivity contribution is 6.02. The molecular formula is C21H22N6O2. The van der Waals surface area contributed by atoms with Gasteiger partial charge in [0.05, 0.1) is 6.20 Å². The number of nitrogens with one attached hydrogen (secondary N) is 1. The molecule has 1 N–H and O–H groups in total. The second-order valence-electron chi connectivity index (χ2n) is 6.79. The predicted molar refractivity (Wildman–Crippen MR) is 109 cm³/mol. The van der Waals surface area contributed by atoms with Crippen molar-refractivity contribution < 1.29 is 9.32 Å². The Morgan fingerprint density at radius 1 is 1.24 bits per heavy atom. The molecule has 0 aliphatic rings. The van der Waals surface area contributed by atoms with Crippen molar-refractivity contribution in [2.24, 2.45) is 0 Å². The van der Waals surface area contributed by atoms with E-state index in [0.29, 0.717) is 17.9 Å². The Morgan fingerprint density at radius 3 is 2.83 bits per heavy atom. The molecule has 8 heteroatoms. The van der Waals surface area contributed by atoms with Crippen molar-refractivity contribution in [3.63, 3.8) is 0 Å². The second kappa shape index (κ2) is 7.75. The van der Waals surface area contributed by atoms with Gasteiger partial charge in [0.1, 0.15) is 11.5 Å². The van der Waals surface area contributed by atoms with Gasteiger partial charge in [0, 0.05) is 48.5 Å². The van der Waals surface area contributed by atoms with Gasteiger partial charge in [-0.15, -0.1) is 0 Å². The van der Waals surface area contributed by atoms with E-state index < -0.39 is 0 Å². The van der Waals surface area contributed by atoms with Crippen LogP contribution < -0.4 is 5.32 Å². The van der Waals surface area contributed by atoms with E-state index in [-0.39, 0.29) is 11.7 Å². The van der Waals surface area contributed by atoms with Crippen LogP contribution >= 0.6 is 0 Å². The molecule has 1 aromatic carbocycles. The molecule has 0 saturated carbocycles. The minimum absolute atomic E-state index is 0.152. The predicted octanol–water partition coefficient (Wildman–Crippen LogP) is 3.67. The summed E-state index contributed by atoms with van der Waals surface area (Å²) in [6.07, 6.45) is 5.44. The van der Waals surface area contributed by atoms with Crippen molar-refractivity contribution in [2.75, 3.05) is 5.32 Å². The molecule has 0 fully saturated rings. The van der Waals surface area contributed by atoms with E-state index in [4.69, 9.17) is 4.52 Å². The third kappa shape index (κ3) is 3.82. The monoisotopic (exact) mass is 390 g/mol. The third-order valence-electron chi connectivity index (χ3n) is 4.87.